The number of epoxide rings is 1. The Morgan fingerprint density at radius 2 is 1.92 bits per heavy atom. The predicted molar refractivity (Wildman–Crippen MR) is 184 cm³/mol. The maximum absolute atomic E-state index is 13.2. The van der Waals surface area contributed by atoms with Crippen LogP contribution in [0.1, 0.15) is 93.4 Å². The van der Waals surface area contributed by atoms with E-state index in [0.717, 1.165) is 32.5 Å². The van der Waals surface area contributed by atoms with Gasteiger partial charge in [0.05, 0.1) is 36.4 Å². The number of aliphatic hydroxyl groups excluding tert-OH is 2. The van der Waals surface area contributed by atoms with E-state index in [0.29, 0.717) is 31.5 Å². The van der Waals surface area contributed by atoms with Crippen LogP contribution in [0.25, 0.3) is 0 Å². The summed E-state index contributed by atoms with van der Waals surface area (Å²) in [7, 11) is 0. The van der Waals surface area contributed by atoms with Crippen molar-refractivity contribution < 1.29 is 44.2 Å². The molecule has 3 heterocycles. The zero-order valence-electron chi connectivity index (χ0n) is 30.2. The van der Waals surface area contributed by atoms with Crippen molar-refractivity contribution in [2.75, 3.05) is 32.7 Å². The van der Waals surface area contributed by atoms with Crippen LogP contribution < -0.4 is 0 Å². The van der Waals surface area contributed by atoms with Crippen molar-refractivity contribution in [1.82, 2.24) is 9.80 Å². The number of rotatable bonds is 12. The van der Waals surface area contributed by atoms with Crippen molar-refractivity contribution in [1.29, 1.82) is 0 Å². The smallest absolute Gasteiger partial charge is 0.410 e. The third-order valence-corrected chi connectivity index (χ3v) is 10.1. The Morgan fingerprint density at radius 1 is 1.23 bits per heavy atom. The highest BCUT2D eigenvalue weighted by molar-refractivity contribution is 5.70. The summed E-state index contributed by atoms with van der Waals surface area (Å²) in [6, 6.07) is 0. The largest absolute Gasteiger partial charge is 0.457 e. The van der Waals surface area contributed by atoms with E-state index < -0.39 is 47.7 Å². The minimum absolute atomic E-state index is 0.0105. The maximum atomic E-state index is 13.2. The van der Waals surface area contributed by atoms with Gasteiger partial charge in [0.25, 0.3) is 0 Å². The van der Waals surface area contributed by atoms with Gasteiger partial charge in [-0.05, 0) is 64.6 Å². The number of hydrogen-bond acceptors (Lipinski definition) is 10. The van der Waals surface area contributed by atoms with E-state index in [1.54, 1.807) is 49.1 Å². The first-order chi connectivity index (χ1) is 22.6. The SMILES string of the molecule is CCCCN1CCN(C(=O)OC2C=CC(C)C(C(C)=CC=CC(C)(O)CC3OC3C(C)C(O)CC)OC(=O)CC(O)CCC2(C)O)CC1. The minimum atomic E-state index is -1.48. The maximum Gasteiger partial charge on any atom is 0.410 e. The van der Waals surface area contributed by atoms with Crippen LogP contribution in [0.3, 0.4) is 0 Å². The molecule has 11 heteroatoms. The standard InChI is InChI=1S/C37H62N2O9/c1-8-10-18-38-19-21-39(22-20-38)35(43)47-31-14-13-26(4)33(48-32(42)23-28(40)15-17-37(31,7)45)25(3)12-11-16-36(6,44)24-30-34(46-30)27(5)29(41)9-2/h11-14,16,26-31,33-34,40-41,44-45H,8-10,15,17-24H2,1-7H3. The first kappa shape index (κ1) is 40.2. The number of hydrogen-bond donors (Lipinski definition) is 4. The van der Waals surface area contributed by atoms with Crippen molar-refractivity contribution in [2.45, 2.75) is 141 Å². The Morgan fingerprint density at radius 3 is 2.56 bits per heavy atom. The molecule has 4 N–H and O–H groups in total. The van der Waals surface area contributed by atoms with Crippen molar-refractivity contribution in [3.63, 3.8) is 0 Å². The monoisotopic (exact) mass is 678 g/mol. The number of carbonyl (C=O) groups excluding carboxylic acids is 2. The Labute approximate surface area is 287 Å². The van der Waals surface area contributed by atoms with Gasteiger partial charge in [0.15, 0.2) is 6.10 Å². The van der Waals surface area contributed by atoms with Crippen LogP contribution in [0, 0.1) is 11.8 Å². The van der Waals surface area contributed by atoms with E-state index in [4.69, 9.17) is 14.2 Å². The molecule has 0 saturated carbocycles. The molecule has 1 amide bonds. The average Bonchev–Trinajstić information content (AvgIpc) is 3.80. The second-order valence-corrected chi connectivity index (χ2v) is 14.7. The highest BCUT2D eigenvalue weighted by Gasteiger charge is 2.47. The molecule has 10 atom stereocenters. The van der Waals surface area contributed by atoms with E-state index in [-0.39, 0.29) is 43.3 Å². The molecule has 3 rings (SSSR count). The molecular weight excluding hydrogens is 616 g/mol. The molecule has 0 aliphatic carbocycles. The average molecular weight is 679 g/mol. The number of esters is 1. The van der Waals surface area contributed by atoms with Gasteiger partial charge < -0.3 is 39.5 Å². The molecule has 3 aliphatic rings. The van der Waals surface area contributed by atoms with E-state index in [1.165, 1.54) is 0 Å². The van der Waals surface area contributed by atoms with E-state index in [2.05, 4.69) is 11.8 Å². The van der Waals surface area contributed by atoms with E-state index >= 15 is 0 Å². The fourth-order valence-electron chi connectivity index (χ4n) is 6.52. The molecule has 10 unspecified atom stereocenters. The highest BCUT2D eigenvalue weighted by Crippen LogP contribution is 2.37. The lowest BCUT2D eigenvalue weighted by Gasteiger charge is -2.37. The van der Waals surface area contributed by atoms with Gasteiger partial charge in [-0.15, -0.1) is 0 Å². The summed E-state index contributed by atoms with van der Waals surface area (Å²) in [6.07, 6.45) is 8.01. The van der Waals surface area contributed by atoms with E-state index in [1.807, 2.05) is 27.7 Å². The number of unbranched alkanes of at least 4 members (excludes halogenated alkanes) is 1. The van der Waals surface area contributed by atoms with Crippen LogP contribution in [-0.4, -0.2) is 123 Å². The Hall–Kier alpha value is -2.28. The number of amides is 1. The van der Waals surface area contributed by atoms with Gasteiger partial charge in [-0.2, -0.15) is 0 Å². The van der Waals surface area contributed by atoms with Crippen molar-refractivity contribution >= 4 is 12.1 Å². The minimum Gasteiger partial charge on any atom is -0.457 e. The Bertz CT molecular complexity index is 1130. The van der Waals surface area contributed by atoms with Gasteiger partial charge >= 0.3 is 12.1 Å². The van der Waals surface area contributed by atoms with Gasteiger partial charge in [-0.25, -0.2) is 4.79 Å². The number of allylic oxidation sites excluding steroid dienone is 2. The van der Waals surface area contributed by atoms with Crippen LogP contribution in [-0.2, 0) is 19.0 Å². The summed E-state index contributed by atoms with van der Waals surface area (Å²) in [5, 5.41) is 43.2. The molecule has 0 aromatic rings. The Kier molecular flexibility index (Phi) is 15.1. The number of aliphatic hydroxyl groups is 4. The van der Waals surface area contributed by atoms with Crippen LogP contribution in [0.5, 0.6) is 0 Å². The van der Waals surface area contributed by atoms with Crippen LogP contribution in [0.15, 0.2) is 36.0 Å². The number of cyclic esters (lactones) is 1. The molecule has 2 fully saturated rings. The van der Waals surface area contributed by atoms with Gasteiger partial charge in [-0.1, -0.05) is 58.4 Å². The van der Waals surface area contributed by atoms with Crippen LogP contribution in [0.4, 0.5) is 4.79 Å². The summed E-state index contributed by atoms with van der Waals surface area (Å²) in [4.78, 5) is 30.1. The summed E-state index contributed by atoms with van der Waals surface area (Å²) >= 11 is 0. The lowest BCUT2D eigenvalue weighted by molar-refractivity contribution is -0.151. The molecule has 0 radical (unpaired) electrons. The lowest BCUT2D eigenvalue weighted by Crippen LogP contribution is -2.51. The number of nitrogens with zero attached hydrogens (tertiary/aromatic N) is 2. The zero-order valence-corrected chi connectivity index (χ0v) is 30.2. The summed E-state index contributed by atoms with van der Waals surface area (Å²) in [5.41, 5.74) is -1.93. The normalized spacial score (nSPS) is 33.7. The lowest BCUT2D eigenvalue weighted by atomic mass is 9.88. The molecule has 274 valence electrons. The van der Waals surface area contributed by atoms with Gasteiger partial charge in [0.2, 0.25) is 0 Å². The fraction of sp³-hybridized carbons (Fsp3) is 0.784. The highest BCUT2D eigenvalue weighted by atomic mass is 16.6. The summed E-state index contributed by atoms with van der Waals surface area (Å²) < 4.78 is 17.5. The quantitative estimate of drug-likeness (QED) is 0.103. The molecule has 2 saturated heterocycles. The van der Waals surface area contributed by atoms with E-state index in [9.17, 15) is 30.0 Å². The molecule has 48 heavy (non-hydrogen) atoms. The van der Waals surface area contributed by atoms with Crippen molar-refractivity contribution in [2.24, 2.45) is 11.8 Å². The van der Waals surface area contributed by atoms with Crippen molar-refractivity contribution in [3.05, 3.63) is 36.0 Å². The molecule has 3 aliphatic heterocycles. The third kappa shape index (κ3) is 12.2. The van der Waals surface area contributed by atoms with Gasteiger partial charge in [0, 0.05) is 44.4 Å². The second-order valence-electron chi connectivity index (χ2n) is 14.7. The zero-order chi connectivity index (χ0) is 35.6. The van der Waals surface area contributed by atoms with Crippen molar-refractivity contribution in [3.8, 4) is 0 Å². The van der Waals surface area contributed by atoms with Crippen LogP contribution >= 0.6 is 0 Å². The van der Waals surface area contributed by atoms with Gasteiger partial charge in [-0.3, -0.25) is 9.69 Å². The van der Waals surface area contributed by atoms with Gasteiger partial charge in [0.1, 0.15) is 11.7 Å². The number of carbonyl (C=O) groups is 2. The first-order valence-electron chi connectivity index (χ1n) is 17.9. The second kappa shape index (κ2) is 18.1. The number of piperazine rings is 1. The number of ether oxygens (including phenoxy) is 3. The third-order valence-electron chi connectivity index (χ3n) is 10.1. The molecule has 11 nitrogen and oxygen atoms in total. The molecular formula is C37H62N2O9. The molecule has 0 aromatic carbocycles. The predicted octanol–water partition coefficient (Wildman–Crippen LogP) is 4.13. The Balaban J connectivity index is 1.72. The first-order valence-corrected chi connectivity index (χ1v) is 17.9. The summed E-state index contributed by atoms with van der Waals surface area (Å²) in [6.45, 7) is 16.7. The molecule has 0 spiro atoms. The summed E-state index contributed by atoms with van der Waals surface area (Å²) in [5.74, 6) is -0.941. The molecule has 0 aromatic heterocycles. The fourth-order valence-corrected chi connectivity index (χ4v) is 6.52. The topological polar surface area (TPSA) is 153 Å². The van der Waals surface area contributed by atoms with Crippen LogP contribution in [0.2, 0.25) is 0 Å². The molecule has 0 bridgehead atoms.